The van der Waals surface area contributed by atoms with Crippen molar-refractivity contribution in [1.82, 2.24) is 15.5 Å². The summed E-state index contributed by atoms with van der Waals surface area (Å²) in [6.45, 7) is 0.358. The molecular weight excluding hydrogens is 365 g/mol. The van der Waals surface area contributed by atoms with Crippen molar-refractivity contribution in [3.63, 3.8) is 0 Å². The molecule has 1 aliphatic rings. The summed E-state index contributed by atoms with van der Waals surface area (Å²) in [6.07, 6.45) is -4.92. The average molecular weight is 379 g/mol. The minimum Gasteiger partial charge on any atom is -0.392 e. The number of amides is 1. The van der Waals surface area contributed by atoms with E-state index in [1.54, 1.807) is 0 Å². The highest BCUT2D eigenvalue weighted by molar-refractivity contribution is 5.95. The fourth-order valence-electron chi connectivity index (χ4n) is 2.30. The van der Waals surface area contributed by atoms with Crippen molar-refractivity contribution in [1.29, 1.82) is 0 Å². The third kappa shape index (κ3) is 4.47. The number of rotatable bonds is 3. The number of hydrogen-bond donors (Lipinski definition) is 3. The lowest BCUT2D eigenvalue weighted by molar-refractivity contribution is -0.159. The lowest BCUT2D eigenvalue weighted by atomic mass is 10.1. The Hall–Kier alpha value is -2.17. The molecule has 0 bridgehead atoms. The van der Waals surface area contributed by atoms with Gasteiger partial charge in [0.05, 0.1) is 12.1 Å². The number of hydrogen-bond acceptors (Lipinski definition) is 6. The predicted molar refractivity (Wildman–Crippen MR) is 83.0 cm³/mol. The number of anilines is 1. The van der Waals surface area contributed by atoms with Gasteiger partial charge in [-0.3, -0.25) is 4.79 Å². The Morgan fingerprint density at radius 2 is 2.00 bits per heavy atom. The van der Waals surface area contributed by atoms with E-state index in [0.29, 0.717) is 24.2 Å². The molecule has 2 atom stereocenters. The number of benzene rings is 1. The van der Waals surface area contributed by atoms with Crippen LogP contribution >= 0.6 is 12.4 Å². The molecule has 2 unspecified atom stereocenters. The zero-order chi connectivity index (χ0) is 17.3. The first-order chi connectivity index (χ1) is 11.3. The summed E-state index contributed by atoms with van der Waals surface area (Å²) in [4.78, 5) is 15.3. The highest BCUT2D eigenvalue weighted by Crippen LogP contribution is 2.29. The fraction of sp³-hybridized carbons (Fsp3) is 0.357. The maximum Gasteiger partial charge on any atom is 0.471 e. The van der Waals surface area contributed by atoms with Crippen LogP contribution in [0.4, 0.5) is 18.9 Å². The van der Waals surface area contributed by atoms with Crippen LogP contribution < -0.4 is 10.6 Å². The first kappa shape index (κ1) is 19.2. The number of carbonyl (C=O) groups is 1. The van der Waals surface area contributed by atoms with Gasteiger partial charge in [-0.2, -0.15) is 18.2 Å². The molecule has 1 aromatic carbocycles. The van der Waals surface area contributed by atoms with Crippen molar-refractivity contribution in [2.24, 2.45) is 0 Å². The molecule has 2 heterocycles. The summed E-state index contributed by atoms with van der Waals surface area (Å²) in [5.74, 6) is -1.90. The molecule has 25 heavy (non-hydrogen) atoms. The van der Waals surface area contributed by atoms with Crippen molar-refractivity contribution < 1.29 is 27.6 Å². The topological polar surface area (TPSA) is 100 Å². The van der Waals surface area contributed by atoms with Crippen LogP contribution in [0.2, 0.25) is 0 Å². The normalized spacial score (nSPS) is 20.2. The number of aliphatic hydroxyl groups is 1. The summed E-state index contributed by atoms with van der Waals surface area (Å²) in [5.41, 5.74) is 0.785. The van der Waals surface area contributed by atoms with E-state index in [-0.39, 0.29) is 24.1 Å². The number of carbonyl (C=O) groups excluding carboxylic acids is 1. The van der Waals surface area contributed by atoms with E-state index in [1.165, 1.54) is 24.3 Å². The molecule has 1 saturated heterocycles. The Morgan fingerprint density at radius 1 is 1.32 bits per heavy atom. The number of halogens is 4. The molecule has 3 rings (SSSR count). The van der Waals surface area contributed by atoms with E-state index >= 15 is 0 Å². The van der Waals surface area contributed by atoms with Gasteiger partial charge in [0.1, 0.15) is 0 Å². The lowest BCUT2D eigenvalue weighted by Crippen LogP contribution is -2.35. The van der Waals surface area contributed by atoms with Gasteiger partial charge in [-0.05, 0) is 30.7 Å². The van der Waals surface area contributed by atoms with Gasteiger partial charge in [0, 0.05) is 17.8 Å². The molecule has 11 heteroatoms. The van der Waals surface area contributed by atoms with Crippen LogP contribution in [0.1, 0.15) is 12.3 Å². The lowest BCUT2D eigenvalue weighted by Gasteiger charge is -2.11. The fourth-order valence-corrected chi connectivity index (χ4v) is 2.30. The summed E-state index contributed by atoms with van der Waals surface area (Å²) in [5, 5.41) is 18.2. The second kappa shape index (κ2) is 7.38. The zero-order valence-electron chi connectivity index (χ0n) is 12.6. The van der Waals surface area contributed by atoms with Crippen LogP contribution in [0, 0.1) is 0 Å². The van der Waals surface area contributed by atoms with Gasteiger partial charge < -0.3 is 20.3 Å². The Morgan fingerprint density at radius 3 is 2.52 bits per heavy atom. The van der Waals surface area contributed by atoms with Gasteiger partial charge in [0.25, 0.3) is 0 Å². The molecule has 136 valence electrons. The molecule has 7 nitrogen and oxygen atoms in total. The molecule has 0 aliphatic carbocycles. The number of nitrogens with zero attached hydrogens (tertiary/aromatic N) is 2. The third-order valence-electron chi connectivity index (χ3n) is 3.50. The van der Waals surface area contributed by atoms with Crippen LogP contribution in [-0.2, 0) is 11.0 Å². The maximum absolute atomic E-state index is 12.4. The van der Waals surface area contributed by atoms with Crippen LogP contribution in [-0.4, -0.2) is 39.8 Å². The second-order valence-corrected chi connectivity index (χ2v) is 5.34. The van der Waals surface area contributed by atoms with Gasteiger partial charge >= 0.3 is 12.1 Å². The Kier molecular flexibility index (Phi) is 5.65. The number of nitrogens with one attached hydrogen (secondary N) is 2. The van der Waals surface area contributed by atoms with E-state index < -0.39 is 24.2 Å². The predicted octanol–water partition coefficient (Wildman–Crippen LogP) is 1.84. The van der Waals surface area contributed by atoms with Crippen molar-refractivity contribution in [3.8, 4) is 11.4 Å². The van der Waals surface area contributed by atoms with E-state index in [0.717, 1.165) is 0 Å². The summed E-state index contributed by atoms with van der Waals surface area (Å²) in [6, 6.07) is 5.49. The zero-order valence-corrected chi connectivity index (χ0v) is 13.4. The van der Waals surface area contributed by atoms with E-state index in [2.05, 4.69) is 25.3 Å². The quantitative estimate of drug-likeness (QED) is 0.753. The monoisotopic (exact) mass is 378 g/mol. The Balaban J connectivity index is 0.00000225. The maximum atomic E-state index is 12.4. The number of β-amino-alcohol motifs (C(OH)–C–C–N with tert-alkyl or cyclic N) is 1. The third-order valence-corrected chi connectivity index (χ3v) is 3.50. The van der Waals surface area contributed by atoms with Crippen LogP contribution in [0.25, 0.3) is 11.4 Å². The highest BCUT2D eigenvalue weighted by atomic mass is 35.5. The standard InChI is InChI=1S/C14H13F3N4O3.ClH/c15-14(16,17)13-20-11(21-24-13)7-1-3-8(4-2-7)19-12(23)10-5-9(22)6-18-10;/h1-4,9-10,18,22H,5-6H2,(H,19,23);1H. The molecule has 1 aliphatic heterocycles. The molecular formula is C14H14ClF3N4O3. The summed E-state index contributed by atoms with van der Waals surface area (Å²) >= 11 is 0. The molecule has 2 aromatic rings. The minimum absolute atomic E-state index is 0. The van der Waals surface area contributed by atoms with Crippen molar-refractivity contribution in [2.75, 3.05) is 11.9 Å². The molecule has 3 N–H and O–H groups in total. The van der Waals surface area contributed by atoms with Crippen LogP contribution in [0.5, 0.6) is 0 Å². The van der Waals surface area contributed by atoms with Crippen LogP contribution in [0.3, 0.4) is 0 Å². The summed E-state index contributed by atoms with van der Waals surface area (Å²) in [7, 11) is 0. The molecule has 1 amide bonds. The Labute approximate surface area is 146 Å². The minimum atomic E-state index is -4.70. The van der Waals surface area contributed by atoms with Gasteiger partial charge in [0.2, 0.25) is 11.7 Å². The number of alkyl halides is 3. The highest BCUT2D eigenvalue weighted by Gasteiger charge is 2.38. The second-order valence-electron chi connectivity index (χ2n) is 5.34. The number of aliphatic hydroxyl groups excluding tert-OH is 1. The molecule has 0 radical (unpaired) electrons. The molecule has 0 saturated carbocycles. The molecule has 0 spiro atoms. The van der Waals surface area contributed by atoms with Crippen LogP contribution in [0.15, 0.2) is 28.8 Å². The SMILES string of the molecule is Cl.O=C(Nc1ccc(-c2noc(C(F)(F)F)n2)cc1)C1CC(O)CN1. The first-order valence-corrected chi connectivity index (χ1v) is 7.06. The van der Waals surface area contributed by atoms with Crippen molar-refractivity contribution in [2.45, 2.75) is 24.7 Å². The summed E-state index contributed by atoms with van der Waals surface area (Å²) < 4.78 is 41.5. The smallest absolute Gasteiger partial charge is 0.392 e. The molecule has 1 fully saturated rings. The van der Waals surface area contributed by atoms with E-state index in [4.69, 9.17) is 0 Å². The molecule has 1 aromatic heterocycles. The van der Waals surface area contributed by atoms with E-state index in [9.17, 15) is 23.1 Å². The Bertz CT molecular complexity index is 736. The van der Waals surface area contributed by atoms with Gasteiger partial charge in [-0.15, -0.1) is 12.4 Å². The van der Waals surface area contributed by atoms with Gasteiger partial charge in [-0.1, -0.05) is 5.16 Å². The van der Waals surface area contributed by atoms with Crippen molar-refractivity contribution >= 4 is 24.0 Å². The largest absolute Gasteiger partial charge is 0.471 e. The van der Waals surface area contributed by atoms with Crippen molar-refractivity contribution in [3.05, 3.63) is 30.2 Å². The van der Waals surface area contributed by atoms with Gasteiger partial charge in [0.15, 0.2) is 0 Å². The first-order valence-electron chi connectivity index (χ1n) is 7.06. The van der Waals surface area contributed by atoms with Gasteiger partial charge in [-0.25, -0.2) is 0 Å². The average Bonchev–Trinajstić information content (AvgIpc) is 3.16. The number of aromatic nitrogens is 2. The van der Waals surface area contributed by atoms with E-state index in [1.807, 2.05) is 0 Å².